The van der Waals surface area contributed by atoms with Gasteiger partial charge in [-0.3, -0.25) is 0 Å². The number of aromatic nitrogens is 4. The highest BCUT2D eigenvalue weighted by Crippen LogP contribution is 2.36. The first kappa shape index (κ1) is 16.2. The summed E-state index contributed by atoms with van der Waals surface area (Å²) < 4.78 is 13.8. The number of ether oxygens (including phenoxy) is 2. The highest BCUT2D eigenvalue weighted by Gasteiger charge is 2.19. The molecule has 0 amide bonds. The molecule has 0 radical (unpaired) electrons. The van der Waals surface area contributed by atoms with Gasteiger partial charge in [-0.05, 0) is 48.0 Å². The van der Waals surface area contributed by atoms with Gasteiger partial charge in [0.15, 0.2) is 17.1 Å². The van der Waals surface area contributed by atoms with Crippen molar-refractivity contribution in [3.8, 4) is 28.6 Å². The van der Waals surface area contributed by atoms with Crippen LogP contribution in [0.5, 0.6) is 11.5 Å². The molecule has 1 aliphatic rings. The first-order chi connectivity index (χ1) is 13.0. The lowest BCUT2D eigenvalue weighted by Crippen LogP contribution is -1.99. The normalized spacial score (nSPS) is 12.9. The summed E-state index contributed by atoms with van der Waals surface area (Å²) in [6.45, 7) is 4.39. The van der Waals surface area contributed by atoms with E-state index in [0.29, 0.717) is 11.3 Å². The Hall–Kier alpha value is -3.00. The fraction of sp³-hybridized carbons (Fsp3) is 0.158. The van der Waals surface area contributed by atoms with Crippen molar-refractivity contribution in [2.45, 2.75) is 13.8 Å². The monoisotopic (exact) mass is 425 g/mol. The number of H-pyrrole nitrogens is 1. The third-order valence-electron chi connectivity index (χ3n) is 4.81. The van der Waals surface area contributed by atoms with Gasteiger partial charge >= 0.3 is 0 Å². The molecule has 7 nitrogen and oxygen atoms in total. The first-order valence-corrected chi connectivity index (χ1v) is 9.21. The Labute approximate surface area is 163 Å². The molecule has 8 heteroatoms. The van der Waals surface area contributed by atoms with E-state index in [2.05, 4.69) is 55.4 Å². The maximum absolute atomic E-state index is 6.14. The van der Waals surface area contributed by atoms with Crippen LogP contribution in [-0.2, 0) is 0 Å². The lowest BCUT2D eigenvalue weighted by molar-refractivity contribution is 0.174. The summed E-state index contributed by atoms with van der Waals surface area (Å²) in [5.41, 5.74) is 12.2. The van der Waals surface area contributed by atoms with E-state index in [-0.39, 0.29) is 6.79 Å². The van der Waals surface area contributed by atoms with Gasteiger partial charge in [0.2, 0.25) is 6.79 Å². The molecule has 136 valence electrons. The summed E-state index contributed by atoms with van der Waals surface area (Å²) in [5.74, 6) is 2.26. The number of hydrogen-bond donors (Lipinski definition) is 2. The summed E-state index contributed by atoms with van der Waals surface area (Å²) >= 11 is 3.41. The predicted molar refractivity (Wildman–Crippen MR) is 106 cm³/mol. The Morgan fingerprint density at radius 1 is 1.19 bits per heavy atom. The van der Waals surface area contributed by atoms with Crippen LogP contribution in [0.25, 0.3) is 28.2 Å². The summed E-state index contributed by atoms with van der Waals surface area (Å²) in [6.07, 6.45) is 1.66. The van der Waals surface area contributed by atoms with Crippen molar-refractivity contribution in [1.82, 2.24) is 19.5 Å². The highest BCUT2D eigenvalue weighted by molar-refractivity contribution is 9.10. The number of rotatable bonds is 2. The Kier molecular flexibility index (Phi) is 3.45. The smallest absolute Gasteiger partial charge is 0.231 e. The zero-order valence-electron chi connectivity index (χ0n) is 14.7. The third kappa shape index (κ3) is 2.40. The van der Waals surface area contributed by atoms with E-state index in [1.54, 1.807) is 6.20 Å². The van der Waals surface area contributed by atoms with Gasteiger partial charge < -0.3 is 24.8 Å². The average Bonchev–Trinajstić information content (AvgIpc) is 3.35. The van der Waals surface area contributed by atoms with Gasteiger partial charge in [-0.2, -0.15) is 0 Å². The lowest BCUT2D eigenvalue weighted by atomic mass is 10.2. The van der Waals surface area contributed by atoms with Gasteiger partial charge in [0.1, 0.15) is 11.3 Å². The van der Waals surface area contributed by atoms with E-state index in [1.807, 2.05) is 18.2 Å². The fourth-order valence-corrected chi connectivity index (χ4v) is 3.80. The maximum Gasteiger partial charge on any atom is 0.231 e. The lowest BCUT2D eigenvalue weighted by Gasteiger charge is -2.10. The number of nitrogens with one attached hydrogen (secondary N) is 1. The number of aromatic amines is 1. The molecule has 0 atom stereocenters. The van der Waals surface area contributed by atoms with Crippen LogP contribution in [-0.4, -0.2) is 26.3 Å². The van der Waals surface area contributed by atoms with Crippen molar-refractivity contribution < 1.29 is 9.47 Å². The number of imidazole rings is 1. The highest BCUT2D eigenvalue weighted by atomic mass is 79.9. The van der Waals surface area contributed by atoms with E-state index < -0.39 is 0 Å². The minimum Gasteiger partial charge on any atom is -0.454 e. The van der Waals surface area contributed by atoms with Crippen LogP contribution < -0.4 is 15.2 Å². The second-order valence-corrected chi connectivity index (χ2v) is 7.32. The number of pyridine rings is 1. The van der Waals surface area contributed by atoms with Crippen LogP contribution >= 0.6 is 15.9 Å². The summed E-state index contributed by atoms with van der Waals surface area (Å²) in [7, 11) is 0. The second kappa shape index (κ2) is 5.75. The Morgan fingerprint density at radius 3 is 2.85 bits per heavy atom. The van der Waals surface area contributed by atoms with Gasteiger partial charge in [0, 0.05) is 34.9 Å². The summed E-state index contributed by atoms with van der Waals surface area (Å²) in [4.78, 5) is 12.3. The number of halogens is 1. The van der Waals surface area contributed by atoms with Gasteiger partial charge in [-0.15, -0.1) is 0 Å². The molecule has 0 fully saturated rings. The number of nitrogens with two attached hydrogens (primary N) is 1. The molecule has 0 spiro atoms. The van der Waals surface area contributed by atoms with Crippen LogP contribution in [0.2, 0.25) is 0 Å². The number of nitrogens with zero attached hydrogens (tertiary/aromatic N) is 3. The van der Waals surface area contributed by atoms with Crippen LogP contribution in [0.4, 0.5) is 5.69 Å². The topological polar surface area (TPSA) is 91.0 Å². The molecule has 0 bridgehead atoms. The van der Waals surface area contributed by atoms with Crippen molar-refractivity contribution in [3.05, 3.63) is 46.3 Å². The molecule has 1 aliphatic heterocycles. The largest absolute Gasteiger partial charge is 0.454 e. The fourth-order valence-electron chi connectivity index (χ4n) is 3.50. The van der Waals surface area contributed by atoms with E-state index in [9.17, 15) is 0 Å². The van der Waals surface area contributed by atoms with E-state index in [4.69, 9.17) is 15.2 Å². The molecule has 27 heavy (non-hydrogen) atoms. The maximum atomic E-state index is 6.14. The number of hydrogen-bond acceptors (Lipinski definition) is 5. The Balaban J connectivity index is 1.65. The van der Waals surface area contributed by atoms with Crippen molar-refractivity contribution >= 4 is 32.8 Å². The molecule has 0 aliphatic carbocycles. The standard InChI is InChI=1S/C19H16BrN5O2/c1-9-5-12(18-23-17-16(21)13(20)7-22-19(17)24-18)10(2)25(9)11-3-4-14-15(6-11)27-8-26-14/h3-7H,8H2,1-2H3,(H3,21,22,23,24). The van der Waals surface area contributed by atoms with Crippen LogP contribution in [0.15, 0.2) is 34.9 Å². The third-order valence-corrected chi connectivity index (χ3v) is 5.44. The predicted octanol–water partition coefficient (Wildman–Crippen LogP) is 4.11. The van der Waals surface area contributed by atoms with Crippen molar-refractivity contribution in [2.75, 3.05) is 12.5 Å². The number of fused-ring (bicyclic) bond motifs is 2. The molecule has 1 aromatic carbocycles. The quantitative estimate of drug-likeness (QED) is 0.504. The Bertz CT molecular complexity index is 1210. The molecule has 4 heterocycles. The molecule has 4 aromatic rings. The summed E-state index contributed by atoms with van der Waals surface area (Å²) in [5, 5.41) is 0. The van der Waals surface area contributed by atoms with Crippen molar-refractivity contribution in [3.63, 3.8) is 0 Å². The van der Waals surface area contributed by atoms with Gasteiger partial charge in [-0.25, -0.2) is 9.97 Å². The second-order valence-electron chi connectivity index (χ2n) is 6.46. The molecular formula is C19H16BrN5O2. The number of nitrogen functional groups attached to an aromatic ring is 1. The van der Waals surface area contributed by atoms with Crippen molar-refractivity contribution in [1.29, 1.82) is 0 Å². The molecule has 0 unspecified atom stereocenters. The SMILES string of the molecule is Cc1cc(-c2nc3ncc(Br)c(N)c3[nH]2)c(C)n1-c1ccc2c(c1)OCO2. The minimum atomic E-state index is 0.261. The van der Waals surface area contributed by atoms with E-state index in [0.717, 1.165) is 50.0 Å². The molecule has 5 rings (SSSR count). The van der Waals surface area contributed by atoms with Gasteiger partial charge in [0.25, 0.3) is 0 Å². The summed E-state index contributed by atoms with van der Waals surface area (Å²) in [6, 6.07) is 8.04. The molecular weight excluding hydrogens is 410 g/mol. The average molecular weight is 426 g/mol. The van der Waals surface area contributed by atoms with Crippen LogP contribution in [0.3, 0.4) is 0 Å². The zero-order chi connectivity index (χ0) is 18.7. The minimum absolute atomic E-state index is 0.261. The van der Waals surface area contributed by atoms with E-state index >= 15 is 0 Å². The molecule has 0 saturated carbocycles. The Morgan fingerprint density at radius 2 is 2.00 bits per heavy atom. The number of aryl methyl sites for hydroxylation is 1. The zero-order valence-corrected chi connectivity index (χ0v) is 16.3. The molecule has 3 aromatic heterocycles. The molecule has 0 saturated heterocycles. The van der Waals surface area contributed by atoms with Gasteiger partial charge in [-0.1, -0.05) is 0 Å². The first-order valence-electron chi connectivity index (χ1n) is 8.42. The van der Waals surface area contributed by atoms with E-state index in [1.165, 1.54) is 0 Å². The van der Waals surface area contributed by atoms with Crippen LogP contribution in [0, 0.1) is 13.8 Å². The van der Waals surface area contributed by atoms with Crippen LogP contribution in [0.1, 0.15) is 11.4 Å². The number of benzene rings is 1. The number of anilines is 1. The van der Waals surface area contributed by atoms with Crippen molar-refractivity contribution in [2.24, 2.45) is 0 Å². The van der Waals surface area contributed by atoms with Gasteiger partial charge in [0.05, 0.1) is 10.2 Å². The molecule has 3 N–H and O–H groups in total.